The third-order valence-corrected chi connectivity index (χ3v) is 4.45. The molecule has 1 aromatic rings. The topological polar surface area (TPSA) is 26.0 Å². The molecule has 0 radical (unpaired) electrons. The van der Waals surface area contributed by atoms with Crippen LogP contribution in [-0.2, 0) is 0 Å². The van der Waals surface area contributed by atoms with Gasteiger partial charge in [-0.15, -0.1) is 11.3 Å². The Morgan fingerprint density at radius 2 is 2.13 bits per heavy atom. The van der Waals surface area contributed by atoms with Gasteiger partial charge in [0.05, 0.1) is 6.04 Å². The number of rotatable bonds is 2. The van der Waals surface area contributed by atoms with Crippen LogP contribution < -0.4 is 5.73 Å². The van der Waals surface area contributed by atoms with Crippen LogP contribution in [0, 0.1) is 13.8 Å². The molecule has 0 spiro atoms. The van der Waals surface area contributed by atoms with E-state index in [9.17, 15) is 0 Å². The van der Waals surface area contributed by atoms with Crippen molar-refractivity contribution in [3.05, 3.63) is 33.0 Å². The summed E-state index contributed by atoms with van der Waals surface area (Å²) in [5, 5.41) is 0. The Hall–Kier alpha value is -0.600. The lowest BCUT2D eigenvalue weighted by molar-refractivity contribution is 0.652. The normalized spacial score (nSPS) is 18.7. The van der Waals surface area contributed by atoms with Crippen molar-refractivity contribution in [1.82, 2.24) is 0 Å². The number of thiophene rings is 1. The molecule has 1 atom stereocenters. The first-order chi connectivity index (χ1) is 7.18. The molecule has 0 saturated heterocycles. The van der Waals surface area contributed by atoms with Gasteiger partial charge in [-0.1, -0.05) is 11.6 Å². The lowest BCUT2D eigenvalue weighted by atomic mass is 9.93. The number of hydrogen-bond donors (Lipinski definition) is 1. The molecule has 2 N–H and O–H groups in total. The van der Waals surface area contributed by atoms with Gasteiger partial charge in [-0.3, -0.25) is 0 Å². The molecule has 1 unspecified atom stereocenters. The van der Waals surface area contributed by atoms with Crippen LogP contribution in [-0.4, -0.2) is 0 Å². The monoisotopic (exact) mass is 221 g/mol. The van der Waals surface area contributed by atoms with Crippen molar-refractivity contribution < 1.29 is 0 Å². The van der Waals surface area contributed by atoms with Crippen molar-refractivity contribution in [2.75, 3.05) is 0 Å². The molecular formula is C13H19NS. The van der Waals surface area contributed by atoms with Crippen LogP contribution in [0.5, 0.6) is 0 Å². The highest BCUT2D eigenvalue weighted by Gasteiger charge is 2.16. The molecule has 0 bridgehead atoms. The second kappa shape index (κ2) is 4.50. The molecule has 0 fully saturated rings. The average Bonchev–Trinajstić information content (AvgIpc) is 2.59. The van der Waals surface area contributed by atoms with Crippen molar-refractivity contribution in [2.45, 2.75) is 45.6 Å². The zero-order valence-corrected chi connectivity index (χ0v) is 10.4. The zero-order chi connectivity index (χ0) is 10.8. The molecule has 1 aliphatic carbocycles. The second-order valence-corrected chi connectivity index (χ2v) is 5.68. The second-order valence-electron chi connectivity index (χ2n) is 4.39. The van der Waals surface area contributed by atoms with Crippen LogP contribution in [0.25, 0.3) is 0 Å². The molecule has 2 heteroatoms. The van der Waals surface area contributed by atoms with Crippen LogP contribution in [0.2, 0.25) is 0 Å². The van der Waals surface area contributed by atoms with Gasteiger partial charge in [0, 0.05) is 9.75 Å². The quantitative estimate of drug-likeness (QED) is 0.754. The molecule has 0 amide bonds. The Bertz CT molecular complexity index is 356. The molecule has 1 aliphatic rings. The van der Waals surface area contributed by atoms with Gasteiger partial charge < -0.3 is 5.73 Å². The predicted molar refractivity (Wildman–Crippen MR) is 67.3 cm³/mol. The van der Waals surface area contributed by atoms with Crippen LogP contribution in [0.3, 0.4) is 0 Å². The SMILES string of the molecule is Cc1cc(C(N)C2=CCCCC2)sc1C. The van der Waals surface area contributed by atoms with Crippen LogP contribution in [0.4, 0.5) is 0 Å². The lowest BCUT2D eigenvalue weighted by Crippen LogP contribution is -2.13. The van der Waals surface area contributed by atoms with Crippen LogP contribution in [0.1, 0.15) is 47.0 Å². The summed E-state index contributed by atoms with van der Waals surface area (Å²) in [6.07, 6.45) is 7.39. The van der Waals surface area contributed by atoms with Gasteiger partial charge in [0.2, 0.25) is 0 Å². The Kier molecular flexibility index (Phi) is 3.27. The highest BCUT2D eigenvalue weighted by Crippen LogP contribution is 2.33. The minimum Gasteiger partial charge on any atom is -0.320 e. The fraction of sp³-hybridized carbons (Fsp3) is 0.538. The molecule has 15 heavy (non-hydrogen) atoms. The maximum Gasteiger partial charge on any atom is 0.0605 e. The van der Waals surface area contributed by atoms with Gasteiger partial charge in [-0.25, -0.2) is 0 Å². The van der Waals surface area contributed by atoms with Gasteiger partial charge >= 0.3 is 0 Å². The largest absolute Gasteiger partial charge is 0.320 e. The summed E-state index contributed by atoms with van der Waals surface area (Å²) in [4.78, 5) is 2.73. The fourth-order valence-electron chi connectivity index (χ4n) is 2.08. The molecule has 1 nitrogen and oxygen atoms in total. The molecule has 82 valence electrons. The minimum atomic E-state index is 0.155. The summed E-state index contributed by atoms with van der Waals surface area (Å²) in [6, 6.07) is 2.41. The zero-order valence-electron chi connectivity index (χ0n) is 9.55. The van der Waals surface area contributed by atoms with Crippen molar-refractivity contribution in [2.24, 2.45) is 5.73 Å². The maximum absolute atomic E-state index is 6.29. The summed E-state index contributed by atoms with van der Waals surface area (Å²) in [5.74, 6) is 0. The van der Waals surface area contributed by atoms with E-state index >= 15 is 0 Å². The van der Waals surface area contributed by atoms with Crippen molar-refractivity contribution >= 4 is 11.3 Å². The lowest BCUT2D eigenvalue weighted by Gasteiger charge is -2.18. The third-order valence-electron chi connectivity index (χ3n) is 3.22. The Labute approximate surface area is 96.0 Å². The Balaban J connectivity index is 2.19. The predicted octanol–water partition coefficient (Wildman–Crippen LogP) is 3.87. The molecule has 0 aromatic carbocycles. The van der Waals surface area contributed by atoms with Gasteiger partial charge in [-0.2, -0.15) is 0 Å². The van der Waals surface area contributed by atoms with E-state index in [1.54, 1.807) is 0 Å². The maximum atomic E-state index is 6.29. The molecular weight excluding hydrogens is 202 g/mol. The minimum absolute atomic E-state index is 0.155. The summed E-state index contributed by atoms with van der Waals surface area (Å²) >= 11 is 1.85. The van der Waals surface area contributed by atoms with Crippen LogP contribution in [0.15, 0.2) is 17.7 Å². The number of aryl methyl sites for hydroxylation is 2. The van der Waals surface area contributed by atoms with E-state index in [-0.39, 0.29) is 6.04 Å². The van der Waals surface area contributed by atoms with Crippen molar-refractivity contribution in [3.8, 4) is 0 Å². The van der Waals surface area contributed by atoms with E-state index in [1.807, 2.05) is 11.3 Å². The highest BCUT2D eigenvalue weighted by atomic mass is 32.1. The summed E-state index contributed by atoms with van der Waals surface area (Å²) in [6.45, 7) is 4.34. The highest BCUT2D eigenvalue weighted by molar-refractivity contribution is 7.12. The van der Waals surface area contributed by atoms with Gasteiger partial charge in [0.25, 0.3) is 0 Å². The van der Waals surface area contributed by atoms with E-state index < -0.39 is 0 Å². The first-order valence-corrected chi connectivity index (χ1v) is 6.51. The molecule has 0 aliphatic heterocycles. The summed E-state index contributed by atoms with van der Waals surface area (Å²) < 4.78 is 0. The average molecular weight is 221 g/mol. The van der Waals surface area contributed by atoms with Crippen molar-refractivity contribution in [1.29, 1.82) is 0 Å². The Morgan fingerprint density at radius 1 is 1.33 bits per heavy atom. The fourth-order valence-corrected chi connectivity index (χ4v) is 3.17. The standard InChI is InChI=1S/C13H19NS/c1-9-8-12(15-10(9)2)13(14)11-6-4-3-5-7-11/h6,8,13H,3-5,7,14H2,1-2H3. The van der Waals surface area contributed by atoms with Gasteiger partial charge in [0.15, 0.2) is 0 Å². The van der Waals surface area contributed by atoms with E-state index in [0.29, 0.717) is 0 Å². The number of allylic oxidation sites excluding steroid dienone is 1. The summed E-state index contributed by atoms with van der Waals surface area (Å²) in [5.41, 5.74) is 9.12. The smallest absolute Gasteiger partial charge is 0.0605 e. The van der Waals surface area contributed by atoms with E-state index in [0.717, 1.165) is 0 Å². The van der Waals surface area contributed by atoms with E-state index in [2.05, 4.69) is 26.0 Å². The number of nitrogens with two attached hydrogens (primary N) is 1. The van der Waals surface area contributed by atoms with E-state index in [1.165, 1.54) is 46.6 Å². The van der Waals surface area contributed by atoms with Gasteiger partial charge in [-0.05, 0) is 51.2 Å². The summed E-state index contributed by atoms with van der Waals surface area (Å²) in [7, 11) is 0. The van der Waals surface area contributed by atoms with Gasteiger partial charge in [0.1, 0.15) is 0 Å². The first-order valence-electron chi connectivity index (χ1n) is 5.70. The number of hydrogen-bond acceptors (Lipinski definition) is 2. The molecule has 1 heterocycles. The molecule has 0 saturated carbocycles. The third kappa shape index (κ3) is 2.32. The van der Waals surface area contributed by atoms with E-state index in [4.69, 9.17) is 5.73 Å². The molecule has 2 rings (SSSR count). The first kappa shape index (κ1) is 10.9. The molecule has 1 aromatic heterocycles. The Morgan fingerprint density at radius 3 is 2.67 bits per heavy atom. The van der Waals surface area contributed by atoms with Crippen molar-refractivity contribution in [3.63, 3.8) is 0 Å². The van der Waals surface area contributed by atoms with Crippen LogP contribution >= 0.6 is 11.3 Å².